The molecule has 6 rings (SSSR count). The van der Waals surface area contributed by atoms with E-state index >= 15 is 0 Å². The molecule has 8 heteroatoms. The number of aromatic hydroxyl groups is 1. The lowest BCUT2D eigenvalue weighted by Crippen LogP contribution is -2.24. The zero-order valence-corrected chi connectivity index (χ0v) is 28.0. The van der Waals surface area contributed by atoms with Gasteiger partial charge in [-0.15, -0.1) is 0 Å². The number of aliphatic hydroxyl groups excluding tert-OH is 1. The third-order valence-electron chi connectivity index (χ3n) is 8.87. The second kappa shape index (κ2) is 15.8. The molecule has 1 aliphatic heterocycles. The number of ketones is 1. The molecule has 1 aliphatic rings. The Hall–Kier alpha value is -5.21. The van der Waals surface area contributed by atoms with E-state index in [-0.39, 0.29) is 36.9 Å². The summed E-state index contributed by atoms with van der Waals surface area (Å²) in [6.07, 6.45) is 4.68. The largest absolute Gasteiger partial charge is 0.508 e. The van der Waals surface area contributed by atoms with Gasteiger partial charge in [0, 0.05) is 36.9 Å². The summed E-state index contributed by atoms with van der Waals surface area (Å²) in [4.78, 5) is 17.4. The van der Waals surface area contributed by atoms with Crippen molar-refractivity contribution in [2.24, 2.45) is 0 Å². The van der Waals surface area contributed by atoms with Gasteiger partial charge in [0.25, 0.3) is 0 Å². The quantitative estimate of drug-likeness (QED) is 0.0981. The predicted molar refractivity (Wildman–Crippen MR) is 189 cm³/mol. The van der Waals surface area contributed by atoms with E-state index in [0.29, 0.717) is 55.1 Å². The number of phenolic OH excluding ortho intramolecular Hbond substituents is 1. The number of ether oxygens (including phenoxy) is 4. The van der Waals surface area contributed by atoms with E-state index in [1.165, 1.54) is 5.69 Å². The Bertz CT molecular complexity index is 1860. The zero-order valence-electron chi connectivity index (χ0n) is 28.0. The number of hydrogen-bond acceptors (Lipinski definition) is 7. The average molecular weight is 662 g/mol. The minimum atomic E-state index is -0.570. The Morgan fingerprint density at radius 3 is 2.35 bits per heavy atom. The summed E-state index contributed by atoms with van der Waals surface area (Å²) in [5.74, 6) is 1.49. The van der Waals surface area contributed by atoms with Crippen LogP contribution in [-0.4, -0.2) is 47.9 Å². The van der Waals surface area contributed by atoms with Crippen LogP contribution in [-0.2, 0) is 25.7 Å². The first kappa shape index (κ1) is 33.7. The van der Waals surface area contributed by atoms with Gasteiger partial charge in [-0.25, -0.2) is 0 Å². The van der Waals surface area contributed by atoms with Gasteiger partial charge >= 0.3 is 0 Å². The molecule has 0 spiro atoms. The fourth-order valence-electron chi connectivity index (χ4n) is 6.27. The summed E-state index contributed by atoms with van der Waals surface area (Å²) in [5.41, 5.74) is 7.53. The molecule has 3 N–H and O–H groups in total. The van der Waals surface area contributed by atoms with Crippen LogP contribution in [0.15, 0.2) is 91.1 Å². The molecule has 4 aromatic carbocycles. The van der Waals surface area contributed by atoms with Crippen LogP contribution >= 0.6 is 0 Å². The van der Waals surface area contributed by atoms with Gasteiger partial charge in [0.2, 0.25) is 5.75 Å². The molecule has 0 amide bonds. The molecule has 1 aromatic heterocycles. The molecule has 0 bridgehead atoms. The van der Waals surface area contributed by atoms with Crippen LogP contribution in [0, 0.1) is 0 Å². The van der Waals surface area contributed by atoms with Crippen molar-refractivity contribution in [2.45, 2.75) is 51.6 Å². The number of nitrogens with one attached hydrogen (secondary N) is 1. The SMILES string of the molecule is CCc1cc(-c2cccc(CCc3c(OCCc4ccccc4)c(OC)c(OCCCO)c4c3OC(c3ccc(O)cc3)CC4=O)c2)c[nH]1. The molecule has 1 atom stereocenters. The standard InChI is InChI=1S/C41H43NO7/c1-3-32-24-31(26-42-32)30-12-7-11-28(23-30)13-18-34-38-37(35(45)25-36(49-38)29-14-16-33(44)17-15-29)40(47-21-8-20-43)41(46-2)39(34)48-22-19-27-9-5-4-6-10-27/h4-7,9-12,14-17,23-24,26,36,42-44H,3,8,13,18-22,25H2,1-2H3. The van der Waals surface area contributed by atoms with Crippen molar-refractivity contribution in [2.75, 3.05) is 26.9 Å². The zero-order chi connectivity index (χ0) is 34.2. The van der Waals surface area contributed by atoms with Gasteiger partial charge in [-0.3, -0.25) is 4.79 Å². The minimum absolute atomic E-state index is 0.0576. The molecule has 254 valence electrons. The maximum Gasteiger partial charge on any atom is 0.204 e. The fraction of sp³-hybridized carbons (Fsp3) is 0.293. The van der Waals surface area contributed by atoms with Crippen molar-refractivity contribution in [3.63, 3.8) is 0 Å². The van der Waals surface area contributed by atoms with Gasteiger partial charge in [-0.2, -0.15) is 0 Å². The number of aromatic amines is 1. The van der Waals surface area contributed by atoms with Gasteiger partial charge in [0.05, 0.1) is 26.7 Å². The molecule has 1 unspecified atom stereocenters. The second-order valence-corrected chi connectivity index (χ2v) is 12.2. The summed E-state index contributed by atoms with van der Waals surface area (Å²) in [6, 6.07) is 27.5. The van der Waals surface area contributed by atoms with E-state index in [9.17, 15) is 15.0 Å². The van der Waals surface area contributed by atoms with Crippen LogP contribution in [0.2, 0.25) is 0 Å². The van der Waals surface area contributed by atoms with E-state index < -0.39 is 6.10 Å². The van der Waals surface area contributed by atoms with Crippen molar-refractivity contribution in [1.29, 1.82) is 0 Å². The highest BCUT2D eigenvalue weighted by molar-refractivity contribution is 6.04. The van der Waals surface area contributed by atoms with E-state index in [2.05, 4.69) is 54.4 Å². The average Bonchev–Trinajstić information content (AvgIpc) is 3.62. The lowest BCUT2D eigenvalue weighted by Gasteiger charge is -2.31. The number of benzene rings is 4. The van der Waals surface area contributed by atoms with Crippen LogP contribution in [0.1, 0.15) is 64.2 Å². The number of hydrogen-bond donors (Lipinski definition) is 3. The Kier molecular flexibility index (Phi) is 10.9. The van der Waals surface area contributed by atoms with E-state index in [1.807, 2.05) is 24.4 Å². The molecule has 0 saturated heterocycles. The highest BCUT2D eigenvalue weighted by Gasteiger charge is 2.38. The maximum atomic E-state index is 14.1. The first-order valence-electron chi connectivity index (χ1n) is 16.9. The number of rotatable bonds is 15. The summed E-state index contributed by atoms with van der Waals surface area (Å²) >= 11 is 0. The molecule has 49 heavy (non-hydrogen) atoms. The number of aromatic nitrogens is 1. The van der Waals surface area contributed by atoms with Crippen molar-refractivity contribution in [1.82, 2.24) is 4.98 Å². The smallest absolute Gasteiger partial charge is 0.204 e. The van der Waals surface area contributed by atoms with Gasteiger partial charge in [0.15, 0.2) is 17.3 Å². The van der Waals surface area contributed by atoms with Crippen molar-refractivity contribution in [3.05, 3.63) is 125 Å². The number of aryl methyl sites for hydroxylation is 2. The van der Waals surface area contributed by atoms with Crippen molar-refractivity contribution in [3.8, 4) is 39.9 Å². The maximum absolute atomic E-state index is 14.1. The molecule has 2 heterocycles. The minimum Gasteiger partial charge on any atom is -0.508 e. The molecule has 0 fully saturated rings. The van der Waals surface area contributed by atoms with E-state index in [0.717, 1.165) is 39.8 Å². The third-order valence-corrected chi connectivity index (χ3v) is 8.87. The first-order valence-corrected chi connectivity index (χ1v) is 16.9. The topological polar surface area (TPSA) is 110 Å². The van der Waals surface area contributed by atoms with Crippen LogP contribution in [0.4, 0.5) is 0 Å². The number of aliphatic hydroxyl groups is 1. The van der Waals surface area contributed by atoms with Crippen LogP contribution < -0.4 is 18.9 Å². The number of phenols is 1. The Morgan fingerprint density at radius 1 is 0.837 bits per heavy atom. The van der Waals surface area contributed by atoms with Gasteiger partial charge in [0.1, 0.15) is 23.2 Å². The lowest BCUT2D eigenvalue weighted by atomic mass is 9.90. The summed E-state index contributed by atoms with van der Waals surface area (Å²) < 4.78 is 25.5. The highest BCUT2D eigenvalue weighted by Crippen LogP contribution is 2.53. The Balaban J connectivity index is 1.42. The third kappa shape index (κ3) is 7.76. The van der Waals surface area contributed by atoms with Gasteiger partial charge in [-0.1, -0.05) is 73.7 Å². The molecule has 0 aliphatic carbocycles. The van der Waals surface area contributed by atoms with E-state index in [1.54, 1.807) is 31.4 Å². The number of methoxy groups -OCH3 is 1. The van der Waals surface area contributed by atoms with Gasteiger partial charge < -0.3 is 34.1 Å². The van der Waals surface area contributed by atoms with Crippen molar-refractivity contribution < 1.29 is 34.0 Å². The van der Waals surface area contributed by atoms with Crippen LogP contribution in [0.25, 0.3) is 11.1 Å². The fourth-order valence-corrected chi connectivity index (χ4v) is 6.27. The molecular formula is C41H43NO7. The van der Waals surface area contributed by atoms with E-state index in [4.69, 9.17) is 18.9 Å². The highest BCUT2D eigenvalue weighted by atomic mass is 16.5. The number of carbonyl (C=O) groups excluding carboxylic acids is 1. The molecule has 8 nitrogen and oxygen atoms in total. The summed E-state index contributed by atoms with van der Waals surface area (Å²) in [6.45, 7) is 2.61. The first-order chi connectivity index (χ1) is 24.0. The number of Topliss-reactive ketones (excluding diaryl/α,β-unsaturated/α-hetero) is 1. The summed E-state index contributed by atoms with van der Waals surface area (Å²) in [5, 5.41) is 19.4. The summed E-state index contributed by atoms with van der Waals surface area (Å²) in [7, 11) is 1.55. The van der Waals surface area contributed by atoms with Crippen LogP contribution in [0.5, 0.6) is 28.7 Å². The Morgan fingerprint density at radius 2 is 1.61 bits per heavy atom. The number of fused-ring (bicyclic) bond motifs is 1. The van der Waals surface area contributed by atoms with Crippen LogP contribution in [0.3, 0.4) is 0 Å². The number of carbonyl (C=O) groups is 1. The predicted octanol–water partition coefficient (Wildman–Crippen LogP) is 7.83. The van der Waals surface area contributed by atoms with Gasteiger partial charge in [-0.05, 0) is 65.3 Å². The Labute approximate surface area is 287 Å². The molecule has 0 radical (unpaired) electrons. The molecular weight excluding hydrogens is 618 g/mol. The normalized spacial score (nSPS) is 13.9. The monoisotopic (exact) mass is 661 g/mol. The van der Waals surface area contributed by atoms with Crippen molar-refractivity contribution >= 4 is 5.78 Å². The second-order valence-electron chi connectivity index (χ2n) is 12.2. The molecule has 0 saturated carbocycles. The lowest BCUT2D eigenvalue weighted by molar-refractivity contribution is 0.0836. The number of H-pyrrole nitrogens is 1. The molecule has 5 aromatic rings.